The van der Waals surface area contributed by atoms with Crippen LogP contribution in [0.4, 0.5) is 37.6 Å². The first kappa shape index (κ1) is 63.0. The number of carbonyl (C=O) groups is 2. The second-order valence-corrected chi connectivity index (χ2v) is 27.2. The maximum atomic E-state index is 14.0. The molecule has 6 fully saturated rings. The number of fused-ring (bicyclic) bond motifs is 2. The SMILES string of the molecule is C1CNC1.CS(=O)(=O)Nc1ccc(Cl)cc1C(=O)N1CCCC[C@H]1c1cc2nc(Cl)cc(N3CCC[C@@H](CF)C3)n2n1.CS(=O)(=O)Nc1ccc(Cl)cc1C(=O)N1CCCC[C@H]1c1cc2nc(N3CCC3)cc(N3CCCC(CF)C3)n2n1.Cl. The number of amides is 2. The number of halogens is 6. The van der Waals surface area contributed by atoms with E-state index in [4.69, 9.17) is 50.0 Å². The van der Waals surface area contributed by atoms with E-state index in [9.17, 15) is 35.2 Å². The molecule has 6 saturated heterocycles. The highest BCUT2D eigenvalue weighted by molar-refractivity contribution is 7.92. The van der Waals surface area contributed by atoms with Gasteiger partial charge in [-0.25, -0.2) is 26.8 Å². The predicted molar refractivity (Wildman–Crippen MR) is 329 cm³/mol. The van der Waals surface area contributed by atoms with Gasteiger partial charge in [-0.3, -0.25) is 27.8 Å². The number of likely N-dealkylation sites (tertiary alicyclic amines) is 2. The highest BCUT2D eigenvalue weighted by Crippen LogP contribution is 2.38. The molecule has 84 heavy (non-hydrogen) atoms. The number of anilines is 5. The lowest BCUT2D eigenvalue weighted by Gasteiger charge is -2.36. The molecular weight excluding hydrogens is 1210 g/mol. The second kappa shape index (κ2) is 27.5. The van der Waals surface area contributed by atoms with Crippen LogP contribution in [0.1, 0.15) is 121 Å². The molecule has 4 aromatic heterocycles. The zero-order valence-corrected chi connectivity index (χ0v) is 51.8. The van der Waals surface area contributed by atoms with Crippen LogP contribution in [-0.4, -0.2) is 159 Å². The molecule has 2 amide bonds. The van der Waals surface area contributed by atoms with Crippen molar-refractivity contribution in [3.8, 4) is 0 Å². The van der Waals surface area contributed by atoms with Gasteiger partial charge in [-0.2, -0.15) is 19.2 Å². The Labute approximate surface area is 510 Å². The molecular formula is C56H72Cl4F2N14O6S2. The van der Waals surface area contributed by atoms with Crippen molar-refractivity contribution in [2.24, 2.45) is 11.8 Å². The fraction of sp³-hybridized carbons (Fsp3) is 0.536. The summed E-state index contributed by atoms with van der Waals surface area (Å²) in [4.78, 5) is 47.2. The number of sulfonamides is 2. The summed E-state index contributed by atoms with van der Waals surface area (Å²) in [5.74, 6) is 1.83. The summed E-state index contributed by atoms with van der Waals surface area (Å²) in [5, 5.41) is 13.9. The molecule has 20 nitrogen and oxygen atoms in total. The fourth-order valence-corrected chi connectivity index (χ4v) is 13.3. The Kier molecular flexibility index (Phi) is 20.6. The van der Waals surface area contributed by atoms with Crippen molar-refractivity contribution in [1.82, 2.24) is 44.3 Å². The van der Waals surface area contributed by atoms with Crippen LogP contribution in [0, 0.1) is 11.8 Å². The number of carbonyl (C=O) groups excluding carboxylic acids is 2. The van der Waals surface area contributed by atoms with Gasteiger partial charge in [0.25, 0.3) is 11.8 Å². The molecule has 1 unspecified atom stereocenters. The summed E-state index contributed by atoms with van der Waals surface area (Å²) in [7, 11) is -7.22. The van der Waals surface area contributed by atoms with Crippen LogP contribution in [0.2, 0.25) is 15.2 Å². The Morgan fingerprint density at radius 2 is 1.01 bits per heavy atom. The molecule has 0 aliphatic carbocycles. The summed E-state index contributed by atoms with van der Waals surface area (Å²) in [6.45, 7) is 7.45. The summed E-state index contributed by atoms with van der Waals surface area (Å²) >= 11 is 18.8. The summed E-state index contributed by atoms with van der Waals surface area (Å²) in [6.07, 6.45) is 13.0. The van der Waals surface area contributed by atoms with Crippen molar-refractivity contribution < 1.29 is 35.2 Å². The molecule has 3 N–H and O–H groups in total. The Hall–Kier alpha value is -5.50. The number of benzene rings is 2. The molecule has 28 heteroatoms. The Morgan fingerprint density at radius 3 is 1.43 bits per heavy atom. The van der Waals surface area contributed by atoms with Crippen LogP contribution in [0.25, 0.3) is 11.3 Å². The Balaban J connectivity index is 0.000000187. The molecule has 6 aromatic rings. The van der Waals surface area contributed by atoms with E-state index in [0.717, 1.165) is 120 Å². The quantitative estimate of drug-likeness (QED) is 0.0918. The van der Waals surface area contributed by atoms with Crippen LogP contribution in [0.15, 0.2) is 60.7 Å². The zero-order chi connectivity index (χ0) is 58.6. The molecule has 456 valence electrons. The summed E-state index contributed by atoms with van der Waals surface area (Å²) in [5.41, 5.74) is 3.36. The van der Waals surface area contributed by atoms with Crippen LogP contribution >= 0.6 is 47.2 Å². The first-order chi connectivity index (χ1) is 39.8. The fourth-order valence-electron chi connectivity index (χ4n) is 11.6. The van der Waals surface area contributed by atoms with Crippen molar-refractivity contribution in [3.63, 3.8) is 0 Å². The number of piperidine rings is 4. The Morgan fingerprint density at radius 1 is 0.571 bits per heavy atom. The van der Waals surface area contributed by atoms with Gasteiger partial charge in [0.2, 0.25) is 20.0 Å². The van der Waals surface area contributed by atoms with E-state index in [-0.39, 0.29) is 84.0 Å². The lowest BCUT2D eigenvalue weighted by atomic mass is 9.98. The largest absolute Gasteiger partial charge is 0.356 e. The second-order valence-electron chi connectivity index (χ2n) is 22.4. The van der Waals surface area contributed by atoms with E-state index in [1.54, 1.807) is 26.4 Å². The first-order valence-corrected chi connectivity index (χ1v) is 33.5. The highest BCUT2D eigenvalue weighted by atomic mass is 35.5. The standard InChI is InChI=1S/C28H35ClFN7O3S.C25H29Cl2FN6O3S.C3H7N.ClH/c1-41(39,40)33-22-9-8-20(29)14-21(22)28(38)36-13-3-2-7-24(36)23-15-26-31-25(34-11-5-12-34)16-27(37(26)32-23)35-10-4-6-19(17-30)18-35;1-38(36,37)31-19-8-7-17(26)11-18(19)25(35)33-10-3-2-6-21(33)20-12-23-29-22(27)13-24(34(23)30-20)32-9-4-5-16(14-28)15-32;1-2-4-3-1;/h8-9,14-16,19,24,33H,2-7,10-13,17-18H2,1H3;7-8,11-13,16,21,31H,2-6,9-10,14-15H2,1H3;4H,1-3H2;1H/t19?,24-;16-,21-;;/m00../s1. The molecule has 4 atom stereocenters. The third-order valence-electron chi connectivity index (χ3n) is 16.0. The van der Waals surface area contributed by atoms with Crippen LogP contribution in [0.5, 0.6) is 0 Å². The minimum atomic E-state index is -3.61. The molecule has 10 heterocycles. The van der Waals surface area contributed by atoms with E-state index in [1.807, 2.05) is 16.6 Å². The number of nitrogens with one attached hydrogen (secondary N) is 3. The van der Waals surface area contributed by atoms with E-state index in [2.05, 4.69) is 40.5 Å². The topological polar surface area (TPSA) is 215 Å². The van der Waals surface area contributed by atoms with Crippen LogP contribution < -0.4 is 29.5 Å². The molecule has 12 rings (SSSR count). The minimum Gasteiger partial charge on any atom is -0.356 e. The lowest BCUT2D eigenvalue weighted by Crippen LogP contribution is -2.40. The predicted octanol–water partition coefficient (Wildman–Crippen LogP) is 9.88. The van der Waals surface area contributed by atoms with E-state index < -0.39 is 20.0 Å². The summed E-state index contributed by atoms with van der Waals surface area (Å²) < 4.78 is 83.4. The normalized spacial score (nSPS) is 21.1. The third-order valence-corrected chi connectivity index (χ3v) is 17.9. The monoisotopic (exact) mass is 1280 g/mol. The average Bonchev–Trinajstić information content (AvgIpc) is 3.12. The van der Waals surface area contributed by atoms with Gasteiger partial charge in [-0.15, -0.1) is 12.4 Å². The van der Waals surface area contributed by atoms with E-state index in [1.165, 1.54) is 49.8 Å². The van der Waals surface area contributed by atoms with Gasteiger partial charge in [0.05, 0.1) is 71.8 Å². The number of nitrogens with zero attached hydrogens (tertiary/aromatic N) is 11. The van der Waals surface area contributed by atoms with Gasteiger partial charge in [-0.05, 0) is 127 Å². The van der Waals surface area contributed by atoms with Crippen molar-refractivity contribution >= 4 is 119 Å². The van der Waals surface area contributed by atoms with Gasteiger partial charge in [-0.1, -0.05) is 34.8 Å². The molecule has 0 spiro atoms. The maximum absolute atomic E-state index is 14.0. The molecule has 0 radical (unpaired) electrons. The number of hydrogen-bond donors (Lipinski definition) is 3. The van der Waals surface area contributed by atoms with Crippen LogP contribution in [-0.2, 0) is 20.0 Å². The van der Waals surface area contributed by atoms with Gasteiger partial charge >= 0.3 is 0 Å². The average molecular weight is 1280 g/mol. The number of aromatic nitrogens is 6. The lowest BCUT2D eigenvalue weighted by molar-refractivity contribution is 0.0600. The van der Waals surface area contributed by atoms with E-state index >= 15 is 0 Å². The van der Waals surface area contributed by atoms with Crippen LogP contribution in [0.3, 0.4) is 0 Å². The maximum Gasteiger partial charge on any atom is 0.256 e. The van der Waals surface area contributed by atoms with Crippen molar-refractivity contribution in [3.05, 3.63) is 98.4 Å². The van der Waals surface area contributed by atoms with Gasteiger partial charge in [0.15, 0.2) is 11.3 Å². The van der Waals surface area contributed by atoms with Crippen molar-refractivity contribution in [1.29, 1.82) is 0 Å². The molecule has 6 aliphatic rings. The molecule has 6 aliphatic heterocycles. The smallest absolute Gasteiger partial charge is 0.256 e. The minimum absolute atomic E-state index is 0. The number of hydrogen-bond acceptors (Lipinski definition) is 14. The number of alkyl halides is 2. The molecule has 0 saturated carbocycles. The highest BCUT2D eigenvalue weighted by Gasteiger charge is 2.36. The molecule has 0 bridgehead atoms. The van der Waals surface area contributed by atoms with Crippen molar-refractivity contribution in [2.75, 3.05) is 115 Å². The van der Waals surface area contributed by atoms with Gasteiger partial charge < -0.3 is 29.8 Å². The van der Waals surface area contributed by atoms with Gasteiger partial charge in [0, 0.05) is 98.5 Å². The van der Waals surface area contributed by atoms with Gasteiger partial charge in [0.1, 0.15) is 22.6 Å². The zero-order valence-electron chi connectivity index (χ0n) is 47.0. The first-order valence-electron chi connectivity index (χ1n) is 28.5. The summed E-state index contributed by atoms with van der Waals surface area (Å²) in [6, 6.07) is 16.0. The van der Waals surface area contributed by atoms with Crippen molar-refractivity contribution in [2.45, 2.75) is 89.1 Å². The number of rotatable bonds is 13. The third kappa shape index (κ3) is 15.0. The van der Waals surface area contributed by atoms with E-state index in [0.29, 0.717) is 71.2 Å². The Bertz CT molecular complexity index is 3550. The molecule has 2 aromatic carbocycles.